The maximum Gasteiger partial charge on any atom is 0.323 e. The van der Waals surface area contributed by atoms with Gasteiger partial charge in [0.25, 0.3) is 0 Å². The lowest BCUT2D eigenvalue weighted by molar-refractivity contribution is -0.138. The first-order valence-electron chi connectivity index (χ1n) is 9.09. The number of benzene rings is 1. The summed E-state index contributed by atoms with van der Waals surface area (Å²) in [4.78, 5) is 26.9. The second-order valence-electron chi connectivity index (χ2n) is 6.18. The fourth-order valence-electron chi connectivity index (χ4n) is 2.29. The average molecular weight is 429 g/mol. The van der Waals surface area contributed by atoms with Gasteiger partial charge in [0, 0.05) is 19.6 Å². The van der Waals surface area contributed by atoms with E-state index in [0.717, 1.165) is 25.7 Å². The lowest BCUT2D eigenvalue weighted by atomic mass is 10.2. The molecule has 1 rings (SSSR count). The molecule has 0 spiro atoms. The van der Waals surface area contributed by atoms with Crippen LogP contribution in [0, 0.1) is 0 Å². The molecule has 11 nitrogen and oxygen atoms in total. The highest BCUT2D eigenvalue weighted by atomic mass is 32.2. The Morgan fingerprint density at radius 3 is 2.31 bits per heavy atom. The van der Waals surface area contributed by atoms with Crippen molar-refractivity contribution in [2.24, 2.45) is 16.5 Å². The zero-order valence-electron chi connectivity index (χ0n) is 16.0. The topological polar surface area (TPSA) is 189 Å². The summed E-state index contributed by atoms with van der Waals surface area (Å²) >= 11 is 0. The summed E-state index contributed by atoms with van der Waals surface area (Å²) in [5.41, 5.74) is 10.4. The van der Waals surface area contributed by atoms with Crippen molar-refractivity contribution in [1.82, 2.24) is 15.4 Å². The van der Waals surface area contributed by atoms with Crippen molar-refractivity contribution in [2.45, 2.75) is 36.6 Å². The molecule has 1 aromatic carbocycles. The van der Waals surface area contributed by atoms with Gasteiger partial charge in [-0.3, -0.25) is 9.79 Å². The monoisotopic (exact) mass is 428 g/mol. The summed E-state index contributed by atoms with van der Waals surface area (Å²) in [6, 6.07) is 5.31. The molecule has 8 N–H and O–H groups in total. The fourth-order valence-corrected chi connectivity index (χ4v) is 3.50. The normalized spacial score (nSPS) is 12.0. The number of unbranched alkanes of at least 4 members (excludes halogenated alkanes) is 3. The fraction of sp³-hybridized carbons (Fsp3) is 0.471. The molecule has 0 saturated heterocycles. The Labute approximate surface area is 170 Å². The molecule has 1 aromatic rings. The van der Waals surface area contributed by atoms with Crippen LogP contribution in [-0.4, -0.2) is 57.2 Å². The van der Waals surface area contributed by atoms with Crippen molar-refractivity contribution in [3.05, 3.63) is 30.3 Å². The first-order chi connectivity index (χ1) is 13.7. The van der Waals surface area contributed by atoms with Crippen LogP contribution in [0.25, 0.3) is 0 Å². The van der Waals surface area contributed by atoms with Gasteiger partial charge in [0.1, 0.15) is 6.04 Å². The molecule has 0 aliphatic carbocycles. The Bertz CT molecular complexity index is 781. The molecule has 29 heavy (non-hydrogen) atoms. The van der Waals surface area contributed by atoms with Gasteiger partial charge in [-0.05, 0) is 25.0 Å². The number of aliphatic imine (C=N–C) groups is 1. The first kappa shape index (κ1) is 24.2. The number of carboxylic acid groups (broad SMARTS) is 1. The number of amides is 2. The number of hydrogen-bond donors (Lipinski definition) is 6. The van der Waals surface area contributed by atoms with Crippen LogP contribution in [0.1, 0.15) is 25.7 Å². The summed E-state index contributed by atoms with van der Waals surface area (Å²) in [5.74, 6) is -1.33. The number of carboxylic acids is 1. The van der Waals surface area contributed by atoms with Crippen LogP contribution in [0.3, 0.4) is 0 Å². The van der Waals surface area contributed by atoms with E-state index < -0.39 is 34.6 Å². The standard InChI is InChI=1S/C17H28N6O5S/c18-16(19)20-10-6-1-2-7-11-21-17(26)22-12-14(15(24)25)23-29(27,28)13-8-4-3-5-9-13/h3-5,8-9,14,23H,1-2,6-7,10-12H2,(H,24,25)(H4,18,19,20)(H2,21,22,26). The largest absolute Gasteiger partial charge is 0.480 e. The van der Waals surface area contributed by atoms with Crippen LogP contribution >= 0.6 is 0 Å². The third kappa shape index (κ3) is 10.3. The maximum absolute atomic E-state index is 12.2. The van der Waals surface area contributed by atoms with Crippen LogP contribution in [0.4, 0.5) is 4.79 Å². The van der Waals surface area contributed by atoms with E-state index >= 15 is 0 Å². The number of rotatable bonds is 13. The van der Waals surface area contributed by atoms with Crippen molar-refractivity contribution in [2.75, 3.05) is 19.6 Å². The van der Waals surface area contributed by atoms with Crippen LogP contribution < -0.4 is 26.8 Å². The Balaban J connectivity index is 2.32. The van der Waals surface area contributed by atoms with E-state index in [1.807, 2.05) is 0 Å². The van der Waals surface area contributed by atoms with E-state index in [2.05, 4.69) is 20.3 Å². The van der Waals surface area contributed by atoms with Crippen LogP contribution in [0.2, 0.25) is 0 Å². The van der Waals surface area contributed by atoms with Crippen molar-refractivity contribution in [3.63, 3.8) is 0 Å². The smallest absolute Gasteiger partial charge is 0.323 e. The maximum atomic E-state index is 12.2. The van der Waals surface area contributed by atoms with E-state index in [1.54, 1.807) is 6.07 Å². The number of carbonyl (C=O) groups is 2. The van der Waals surface area contributed by atoms with Gasteiger partial charge in [-0.2, -0.15) is 4.72 Å². The predicted molar refractivity (Wildman–Crippen MR) is 109 cm³/mol. The molecule has 0 aliphatic rings. The average Bonchev–Trinajstić information content (AvgIpc) is 2.67. The summed E-state index contributed by atoms with van der Waals surface area (Å²) in [6.45, 7) is 0.569. The van der Waals surface area contributed by atoms with Crippen molar-refractivity contribution in [3.8, 4) is 0 Å². The van der Waals surface area contributed by atoms with Crippen LogP contribution in [-0.2, 0) is 14.8 Å². The molecule has 0 heterocycles. The van der Waals surface area contributed by atoms with E-state index in [4.69, 9.17) is 11.5 Å². The molecular weight excluding hydrogens is 400 g/mol. The second kappa shape index (κ2) is 12.6. The van der Waals surface area contributed by atoms with Crippen molar-refractivity contribution >= 4 is 28.0 Å². The van der Waals surface area contributed by atoms with Gasteiger partial charge in [-0.25, -0.2) is 13.2 Å². The van der Waals surface area contributed by atoms with Crippen LogP contribution in [0.15, 0.2) is 40.2 Å². The number of urea groups is 1. The quantitative estimate of drug-likeness (QED) is 0.139. The Hall–Kier alpha value is -2.86. The zero-order chi connectivity index (χ0) is 21.7. The minimum atomic E-state index is -4.02. The highest BCUT2D eigenvalue weighted by Crippen LogP contribution is 2.08. The Morgan fingerprint density at radius 2 is 1.69 bits per heavy atom. The number of hydrogen-bond acceptors (Lipinski definition) is 5. The van der Waals surface area contributed by atoms with Gasteiger partial charge in [0.2, 0.25) is 10.0 Å². The van der Waals surface area contributed by atoms with Crippen LogP contribution in [0.5, 0.6) is 0 Å². The number of aliphatic carboxylic acids is 1. The van der Waals surface area contributed by atoms with E-state index in [1.165, 1.54) is 24.3 Å². The van der Waals surface area contributed by atoms with E-state index in [9.17, 15) is 23.1 Å². The third-order valence-corrected chi connectivity index (χ3v) is 5.27. The van der Waals surface area contributed by atoms with Gasteiger partial charge in [0.05, 0.1) is 4.90 Å². The van der Waals surface area contributed by atoms with Gasteiger partial charge < -0.3 is 27.2 Å². The molecule has 0 aliphatic heterocycles. The summed E-state index contributed by atoms with van der Waals surface area (Å²) in [5, 5.41) is 14.2. The number of sulfonamides is 1. The lowest BCUT2D eigenvalue weighted by Crippen LogP contribution is -2.50. The Morgan fingerprint density at radius 1 is 1.03 bits per heavy atom. The lowest BCUT2D eigenvalue weighted by Gasteiger charge is -2.16. The molecule has 1 unspecified atom stereocenters. The van der Waals surface area contributed by atoms with Gasteiger partial charge in [-0.15, -0.1) is 0 Å². The summed E-state index contributed by atoms with van der Waals surface area (Å²) in [6.07, 6.45) is 3.35. The van der Waals surface area contributed by atoms with E-state index in [-0.39, 0.29) is 10.9 Å². The number of nitrogens with one attached hydrogen (secondary N) is 3. The number of carbonyl (C=O) groups excluding carboxylic acids is 1. The van der Waals surface area contributed by atoms with Gasteiger partial charge in [0.15, 0.2) is 5.96 Å². The second-order valence-corrected chi connectivity index (χ2v) is 7.90. The molecule has 0 aromatic heterocycles. The highest BCUT2D eigenvalue weighted by molar-refractivity contribution is 7.89. The molecule has 2 amide bonds. The molecule has 12 heteroatoms. The molecule has 1 atom stereocenters. The summed E-state index contributed by atoms with van der Waals surface area (Å²) in [7, 11) is -4.02. The number of nitrogens with zero attached hydrogens (tertiary/aromatic N) is 1. The number of guanidine groups is 1. The van der Waals surface area contributed by atoms with Gasteiger partial charge >= 0.3 is 12.0 Å². The minimum absolute atomic E-state index is 0.0597. The number of nitrogens with two attached hydrogens (primary N) is 2. The molecule has 0 fully saturated rings. The van der Waals surface area contributed by atoms with E-state index in [0.29, 0.717) is 13.1 Å². The molecule has 0 bridgehead atoms. The SMILES string of the molecule is NC(N)=NCCCCCCNC(=O)NCC(NS(=O)(=O)c1ccccc1)C(=O)O. The minimum Gasteiger partial charge on any atom is -0.480 e. The van der Waals surface area contributed by atoms with Gasteiger partial charge in [-0.1, -0.05) is 31.0 Å². The van der Waals surface area contributed by atoms with Crippen molar-refractivity contribution in [1.29, 1.82) is 0 Å². The van der Waals surface area contributed by atoms with Crippen molar-refractivity contribution < 1.29 is 23.1 Å². The highest BCUT2D eigenvalue weighted by Gasteiger charge is 2.25. The molecule has 162 valence electrons. The Kier molecular flexibility index (Phi) is 10.5. The molecular formula is C17H28N6O5S. The molecule has 0 saturated carbocycles. The zero-order valence-corrected chi connectivity index (χ0v) is 16.8. The predicted octanol–water partition coefficient (Wildman–Crippen LogP) is -0.449. The molecule has 0 radical (unpaired) electrons. The third-order valence-electron chi connectivity index (χ3n) is 3.78. The summed E-state index contributed by atoms with van der Waals surface area (Å²) < 4.78 is 26.5. The first-order valence-corrected chi connectivity index (χ1v) is 10.6.